The fourth-order valence-corrected chi connectivity index (χ4v) is 2.62. The lowest BCUT2D eigenvalue weighted by molar-refractivity contribution is -0.137. The first-order valence-corrected chi connectivity index (χ1v) is 8.15. The molecular formula is C19H22N2O6. The SMILES string of the molecule is COc1ccc(C(CC(=O)O)NC(=O)c2ccc(C)nc2OC)c(OC)c1. The summed E-state index contributed by atoms with van der Waals surface area (Å²) in [5.74, 6) is -0.422. The molecule has 1 aromatic heterocycles. The molecule has 0 radical (unpaired) electrons. The summed E-state index contributed by atoms with van der Waals surface area (Å²) in [6.07, 6.45) is -0.323. The molecule has 1 unspecified atom stereocenters. The summed E-state index contributed by atoms with van der Waals surface area (Å²) in [6, 6.07) is 7.41. The van der Waals surface area contributed by atoms with Crippen molar-refractivity contribution in [3.8, 4) is 17.4 Å². The van der Waals surface area contributed by atoms with Crippen LogP contribution in [-0.4, -0.2) is 43.3 Å². The molecule has 0 fully saturated rings. The van der Waals surface area contributed by atoms with Crippen molar-refractivity contribution >= 4 is 11.9 Å². The van der Waals surface area contributed by atoms with Crippen LogP contribution in [-0.2, 0) is 4.79 Å². The van der Waals surface area contributed by atoms with Crippen molar-refractivity contribution in [2.24, 2.45) is 0 Å². The minimum atomic E-state index is -1.06. The fraction of sp³-hybridized carbons (Fsp3) is 0.316. The van der Waals surface area contributed by atoms with Gasteiger partial charge in [0.05, 0.1) is 33.8 Å². The van der Waals surface area contributed by atoms with E-state index < -0.39 is 17.9 Å². The molecule has 2 aromatic rings. The first-order chi connectivity index (χ1) is 12.9. The zero-order valence-electron chi connectivity index (χ0n) is 15.6. The van der Waals surface area contributed by atoms with E-state index in [1.807, 2.05) is 0 Å². The second-order valence-corrected chi connectivity index (χ2v) is 5.74. The maximum Gasteiger partial charge on any atom is 0.305 e. The summed E-state index contributed by atoms with van der Waals surface area (Å²) < 4.78 is 15.7. The van der Waals surface area contributed by atoms with Crippen molar-refractivity contribution in [2.75, 3.05) is 21.3 Å². The molecular weight excluding hydrogens is 352 g/mol. The highest BCUT2D eigenvalue weighted by Crippen LogP contribution is 2.31. The number of carboxylic acid groups (broad SMARTS) is 1. The van der Waals surface area contributed by atoms with Crippen molar-refractivity contribution in [2.45, 2.75) is 19.4 Å². The molecule has 0 aliphatic heterocycles. The molecule has 0 aliphatic carbocycles. The number of aromatic nitrogens is 1. The number of aliphatic carboxylic acids is 1. The van der Waals surface area contributed by atoms with Gasteiger partial charge in [0, 0.05) is 17.3 Å². The number of carbonyl (C=O) groups is 2. The number of hydrogen-bond acceptors (Lipinski definition) is 6. The average Bonchev–Trinajstić information content (AvgIpc) is 2.66. The number of methoxy groups -OCH3 is 3. The van der Waals surface area contributed by atoms with Gasteiger partial charge >= 0.3 is 5.97 Å². The molecule has 0 bridgehead atoms. The van der Waals surface area contributed by atoms with Crippen LogP contribution in [0.5, 0.6) is 17.4 Å². The quantitative estimate of drug-likeness (QED) is 0.730. The highest BCUT2D eigenvalue weighted by molar-refractivity contribution is 5.96. The highest BCUT2D eigenvalue weighted by Gasteiger charge is 2.24. The minimum absolute atomic E-state index is 0.170. The van der Waals surface area contributed by atoms with Gasteiger partial charge in [-0.05, 0) is 31.2 Å². The Morgan fingerprint density at radius 2 is 1.85 bits per heavy atom. The van der Waals surface area contributed by atoms with Crippen LogP contribution in [0.3, 0.4) is 0 Å². The summed E-state index contributed by atoms with van der Waals surface area (Å²) in [5.41, 5.74) is 1.43. The maximum absolute atomic E-state index is 12.7. The number of aryl methyl sites for hydroxylation is 1. The number of pyridine rings is 1. The van der Waals surface area contributed by atoms with Gasteiger partial charge in [0.25, 0.3) is 5.91 Å². The van der Waals surface area contributed by atoms with E-state index >= 15 is 0 Å². The molecule has 27 heavy (non-hydrogen) atoms. The van der Waals surface area contributed by atoms with Crippen molar-refractivity contribution in [1.29, 1.82) is 0 Å². The zero-order valence-corrected chi connectivity index (χ0v) is 15.6. The van der Waals surface area contributed by atoms with Crippen molar-refractivity contribution in [3.63, 3.8) is 0 Å². The monoisotopic (exact) mass is 374 g/mol. The Morgan fingerprint density at radius 1 is 1.11 bits per heavy atom. The van der Waals surface area contributed by atoms with Crippen LogP contribution in [0, 0.1) is 6.92 Å². The minimum Gasteiger partial charge on any atom is -0.497 e. The van der Waals surface area contributed by atoms with Gasteiger partial charge in [0.2, 0.25) is 5.88 Å². The molecule has 0 spiro atoms. The standard InChI is InChI=1S/C19H22N2O6/c1-11-5-7-14(19(20-11)27-4)18(24)21-15(10-17(22)23)13-8-6-12(25-2)9-16(13)26-3/h5-9,15H,10H2,1-4H3,(H,21,24)(H,22,23). The number of amides is 1. The number of nitrogens with zero attached hydrogens (tertiary/aromatic N) is 1. The summed E-state index contributed by atoms with van der Waals surface area (Å²) in [4.78, 5) is 28.2. The number of carbonyl (C=O) groups excluding carboxylic acids is 1. The molecule has 2 rings (SSSR count). The molecule has 1 heterocycles. The van der Waals surface area contributed by atoms with Crippen LogP contribution >= 0.6 is 0 Å². The van der Waals surface area contributed by atoms with Crippen LogP contribution in [0.25, 0.3) is 0 Å². The molecule has 1 aromatic carbocycles. The van der Waals surface area contributed by atoms with Gasteiger partial charge in [-0.1, -0.05) is 0 Å². The van der Waals surface area contributed by atoms with Crippen LogP contribution in [0.15, 0.2) is 30.3 Å². The molecule has 1 atom stereocenters. The second kappa shape index (κ2) is 8.88. The summed E-state index contributed by atoms with van der Waals surface area (Å²) >= 11 is 0. The van der Waals surface area contributed by atoms with Gasteiger partial charge in [0.15, 0.2) is 0 Å². The van der Waals surface area contributed by atoms with Crippen molar-refractivity contribution < 1.29 is 28.9 Å². The fourth-order valence-electron chi connectivity index (χ4n) is 2.62. The van der Waals surface area contributed by atoms with Crippen molar-refractivity contribution in [3.05, 3.63) is 47.2 Å². The molecule has 144 valence electrons. The van der Waals surface area contributed by atoms with Gasteiger partial charge in [-0.2, -0.15) is 0 Å². The Bertz CT molecular complexity index is 837. The number of carboxylic acids is 1. The third-order valence-electron chi connectivity index (χ3n) is 3.94. The van der Waals surface area contributed by atoms with E-state index in [4.69, 9.17) is 14.2 Å². The third-order valence-corrected chi connectivity index (χ3v) is 3.94. The van der Waals surface area contributed by atoms with Crippen LogP contribution in [0.2, 0.25) is 0 Å². The number of rotatable bonds is 8. The number of nitrogens with one attached hydrogen (secondary N) is 1. The lowest BCUT2D eigenvalue weighted by Gasteiger charge is -2.21. The Labute approximate surface area is 157 Å². The summed E-state index contributed by atoms with van der Waals surface area (Å²) in [6.45, 7) is 1.78. The summed E-state index contributed by atoms with van der Waals surface area (Å²) in [5, 5.41) is 12.0. The Balaban J connectivity index is 2.38. The smallest absolute Gasteiger partial charge is 0.305 e. The van der Waals surface area contributed by atoms with Gasteiger partial charge in [-0.3, -0.25) is 9.59 Å². The van der Waals surface area contributed by atoms with E-state index in [-0.39, 0.29) is 17.9 Å². The first kappa shape index (κ1) is 20.0. The molecule has 1 amide bonds. The predicted molar refractivity (Wildman–Crippen MR) is 97.5 cm³/mol. The molecule has 8 heteroatoms. The Hall–Kier alpha value is -3.29. The Kier molecular flexibility index (Phi) is 6.59. The third kappa shape index (κ3) is 4.87. The van der Waals surface area contributed by atoms with E-state index in [1.165, 1.54) is 21.3 Å². The number of hydrogen-bond donors (Lipinski definition) is 2. The van der Waals surface area contributed by atoms with Crippen molar-refractivity contribution in [1.82, 2.24) is 10.3 Å². The second-order valence-electron chi connectivity index (χ2n) is 5.74. The van der Waals surface area contributed by atoms with Crippen LogP contribution in [0.1, 0.15) is 34.1 Å². The first-order valence-electron chi connectivity index (χ1n) is 8.15. The average molecular weight is 374 g/mol. The molecule has 0 saturated carbocycles. The van der Waals surface area contributed by atoms with Crippen LogP contribution in [0.4, 0.5) is 0 Å². The molecule has 0 saturated heterocycles. The topological polar surface area (TPSA) is 107 Å². The highest BCUT2D eigenvalue weighted by atomic mass is 16.5. The number of benzene rings is 1. The van der Waals surface area contributed by atoms with E-state index in [9.17, 15) is 14.7 Å². The van der Waals surface area contributed by atoms with E-state index in [2.05, 4.69) is 10.3 Å². The lowest BCUT2D eigenvalue weighted by Crippen LogP contribution is -2.31. The number of ether oxygens (including phenoxy) is 3. The van der Waals surface area contributed by atoms with Gasteiger partial charge in [0.1, 0.15) is 17.1 Å². The lowest BCUT2D eigenvalue weighted by atomic mass is 10.0. The maximum atomic E-state index is 12.7. The molecule has 0 aliphatic rings. The Morgan fingerprint density at radius 3 is 2.44 bits per heavy atom. The molecule has 2 N–H and O–H groups in total. The van der Waals surface area contributed by atoms with E-state index in [0.717, 1.165) is 0 Å². The largest absolute Gasteiger partial charge is 0.497 e. The molecule has 8 nitrogen and oxygen atoms in total. The summed E-state index contributed by atoms with van der Waals surface area (Å²) in [7, 11) is 4.40. The van der Waals surface area contributed by atoms with Crippen LogP contribution < -0.4 is 19.5 Å². The van der Waals surface area contributed by atoms with E-state index in [0.29, 0.717) is 22.8 Å². The van der Waals surface area contributed by atoms with Gasteiger partial charge < -0.3 is 24.6 Å². The zero-order chi connectivity index (χ0) is 20.0. The van der Waals surface area contributed by atoms with Gasteiger partial charge in [-0.25, -0.2) is 4.98 Å². The normalized spacial score (nSPS) is 11.4. The van der Waals surface area contributed by atoms with Gasteiger partial charge in [-0.15, -0.1) is 0 Å². The van der Waals surface area contributed by atoms with E-state index in [1.54, 1.807) is 37.3 Å². The predicted octanol–water partition coefficient (Wildman–Crippen LogP) is 2.36.